The molecular formula is C19H20OS. The maximum Gasteiger partial charge on any atom is 0.185 e. The lowest BCUT2D eigenvalue weighted by molar-refractivity contribution is 0.104. The van der Waals surface area contributed by atoms with E-state index >= 15 is 0 Å². The summed E-state index contributed by atoms with van der Waals surface area (Å²) < 4.78 is 0. The van der Waals surface area contributed by atoms with Crippen LogP contribution in [0.25, 0.3) is 6.08 Å². The largest absolute Gasteiger partial charge is 0.289 e. The first-order valence-electron chi connectivity index (χ1n) is 7.12. The molecule has 0 N–H and O–H groups in total. The summed E-state index contributed by atoms with van der Waals surface area (Å²) >= 11 is 1.78. The molecule has 0 atom stereocenters. The van der Waals surface area contributed by atoms with Crippen molar-refractivity contribution in [3.05, 3.63) is 70.8 Å². The Morgan fingerprint density at radius 1 is 1.05 bits per heavy atom. The number of rotatable bonds is 5. The molecule has 2 heteroatoms. The summed E-state index contributed by atoms with van der Waals surface area (Å²) in [5.41, 5.74) is 4.30. The van der Waals surface area contributed by atoms with E-state index in [-0.39, 0.29) is 5.78 Å². The lowest BCUT2D eigenvalue weighted by Gasteiger charge is -2.01. The van der Waals surface area contributed by atoms with Gasteiger partial charge in [-0.2, -0.15) is 0 Å². The fraction of sp³-hybridized carbons (Fsp3) is 0.211. The third kappa shape index (κ3) is 4.33. The van der Waals surface area contributed by atoms with E-state index in [1.807, 2.05) is 36.4 Å². The van der Waals surface area contributed by atoms with Crippen molar-refractivity contribution in [3.8, 4) is 0 Å². The lowest BCUT2D eigenvalue weighted by atomic mass is 10.0. The zero-order chi connectivity index (χ0) is 15.2. The van der Waals surface area contributed by atoms with Gasteiger partial charge in [0.25, 0.3) is 0 Å². The van der Waals surface area contributed by atoms with E-state index in [2.05, 4.69) is 32.9 Å². The van der Waals surface area contributed by atoms with E-state index < -0.39 is 0 Å². The van der Waals surface area contributed by atoms with Gasteiger partial charge in [-0.25, -0.2) is 0 Å². The minimum atomic E-state index is 0.0428. The molecule has 2 rings (SSSR count). The molecule has 0 radical (unpaired) electrons. The molecule has 108 valence electrons. The number of ketones is 1. The van der Waals surface area contributed by atoms with Crippen molar-refractivity contribution in [2.75, 3.05) is 5.75 Å². The van der Waals surface area contributed by atoms with E-state index in [4.69, 9.17) is 0 Å². The van der Waals surface area contributed by atoms with Crippen LogP contribution < -0.4 is 0 Å². The first kappa shape index (κ1) is 15.6. The molecule has 0 aliphatic carbocycles. The number of hydrogen-bond donors (Lipinski definition) is 0. The van der Waals surface area contributed by atoms with E-state index in [0.29, 0.717) is 0 Å². The van der Waals surface area contributed by atoms with Gasteiger partial charge in [-0.1, -0.05) is 31.2 Å². The number of hydrogen-bond acceptors (Lipinski definition) is 2. The van der Waals surface area contributed by atoms with Crippen LogP contribution in [-0.4, -0.2) is 11.5 Å². The van der Waals surface area contributed by atoms with Crippen LogP contribution >= 0.6 is 11.8 Å². The van der Waals surface area contributed by atoms with Crippen molar-refractivity contribution in [2.24, 2.45) is 0 Å². The summed E-state index contributed by atoms with van der Waals surface area (Å²) in [6.45, 7) is 6.29. The summed E-state index contributed by atoms with van der Waals surface area (Å²) in [7, 11) is 0. The van der Waals surface area contributed by atoms with Crippen molar-refractivity contribution < 1.29 is 4.79 Å². The summed E-state index contributed by atoms with van der Waals surface area (Å²) in [5, 5.41) is 0. The predicted molar refractivity (Wildman–Crippen MR) is 92.1 cm³/mol. The van der Waals surface area contributed by atoms with E-state index in [1.165, 1.54) is 16.0 Å². The third-order valence-corrected chi connectivity index (χ3v) is 4.30. The third-order valence-electron chi connectivity index (χ3n) is 3.41. The Bertz CT molecular complexity index is 654. The number of carbonyl (C=O) groups excluding carboxylic acids is 1. The van der Waals surface area contributed by atoms with Crippen LogP contribution in [0, 0.1) is 13.8 Å². The molecule has 0 bridgehead atoms. The molecule has 0 saturated heterocycles. The van der Waals surface area contributed by atoms with Gasteiger partial charge in [-0.05, 0) is 66.6 Å². The van der Waals surface area contributed by atoms with Gasteiger partial charge < -0.3 is 0 Å². The highest BCUT2D eigenvalue weighted by Gasteiger charge is 2.02. The molecule has 1 nitrogen and oxygen atoms in total. The zero-order valence-electron chi connectivity index (χ0n) is 12.7. The first-order valence-corrected chi connectivity index (χ1v) is 8.11. The van der Waals surface area contributed by atoms with E-state index in [1.54, 1.807) is 17.8 Å². The second-order valence-electron chi connectivity index (χ2n) is 5.00. The molecule has 0 spiro atoms. The number of thioether (sulfide) groups is 1. The van der Waals surface area contributed by atoms with Crippen LogP contribution in [0.1, 0.15) is 34.0 Å². The molecule has 0 amide bonds. The highest BCUT2D eigenvalue weighted by Crippen LogP contribution is 2.18. The van der Waals surface area contributed by atoms with E-state index in [0.717, 1.165) is 16.9 Å². The molecule has 0 aliphatic rings. The minimum Gasteiger partial charge on any atom is -0.289 e. The smallest absolute Gasteiger partial charge is 0.185 e. The van der Waals surface area contributed by atoms with Gasteiger partial charge in [-0.3, -0.25) is 4.79 Å². The second-order valence-corrected chi connectivity index (χ2v) is 6.34. The van der Waals surface area contributed by atoms with Crippen molar-refractivity contribution in [3.63, 3.8) is 0 Å². The van der Waals surface area contributed by atoms with Gasteiger partial charge >= 0.3 is 0 Å². The predicted octanol–water partition coefficient (Wildman–Crippen LogP) is 5.31. The maximum absolute atomic E-state index is 12.1. The highest BCUT2D eigenvalue weighted by atomic mass is 32.2. The Hall–Kier alpha value is -1.80. The Labute approximate surface area is 131 Å². The molecule has 0 saturated carbocycles. The number of benzene rings is 2. The summed E-state index contributed by atoms with van der Waals surface area (Å²) in [5.74, 6) is 1.08. The molecule has 2 aromatic carbocycles. The molecule has 21 heavy (non-hydrogen) atoms. The average Bonchev–Trinajstić information content (AvgIpc) is 2.49. The molecule has 2 aromatic rings. The normalized spacial score (nSPS) is 11.0. The van der Waals surface area contributed by atoms with Gasteiger partial charge in [0.1, 0.15) is 0 Å². The summed E-state index contributed by atoms with van der Waals surface area (Å²) in [6, 6.07) is 14.0. The molecule has 0 unspecified atom stereocenters. The lowest BCUT2D eigenvalue weighted by Crippen LogP contribution is -1.93. The zero-order valence-corrected chi connectivity index (χ0v) is 13.5. The van der Waals surface area contributed by atoms with Crippen LogP contribution in [0.15, 0.2) is 53.4 Å². The van der Waals surface area contributed by atoms with Crippen molar-refractivity contribution in [1.82, 2.24) is 0 Å². The fourth-order valence-electron chi connectivity index (χ4n) is 2.02. The van der Waals surface area contributed by atoms with E-state index in [9.17, 15) is 4.79 Å². The summed E-state index contributed by atoms with van der Waals surface area (Å²) in [4.78, 5) is 13.3. The van der Waals surface area contributed by atoms with Crippen molar-refractivity contribution >= 4 is 23.6 Å². The first-order chi connectivity index (χ1) is 10.1. The second kappa shape index (κ2) is 7.28. The molecular weight excluding hydrogens is 276 g/mol. The van der Waals surface area contributed by atoms with Crippen LogP contribution in [0.2, 0.25) is 0 Å². The molecule has 0 heterocycles. The quantitative estimate of drug-likeness (QED) is 0.422. The van der Waals surface area contributed by atoms with Gasteiger partial charge in [0.05, 0.1) is 0 Å². The Morgan fingerprint density at radius 3 is 2.38 bits per heavy atom. The number of allylic oxidation sites excluding steroid dienone is 1. The topological polar surface area (TPSA) is 17.1 Å². The maximum atomic E-state index is 12.1. The molecule has 0 fully saturated rings. The van der Waals surface area contributed by atoms with Gasteiger partial charge in [0.2, 0.25) is 0 Å². The standard InChI is InChI=1S/C19H20OS/c1-4-21-18-10-8-17(9-11-18)19(20)12-7-16-6-5-14(2)15(3)13-16/h5-13H,4H2,1-3H3. The number of aryl methyl sites for hydroxylation is 2. The van der Waals surface area contributed by atoms with Crippen molar-refractivity contribution in [1.29, 1.82) is 0 Å². The minimum absolute atomic E-state index is 0.0428. The average molecular weight is 296 g/mol. The Kier molecular flexibility index (Phi) is 5.40. The van der Waals surface area contributed by atoms with Crippen LogP contribution in [0.5, 0.6) is 0 Å². The van der Waals surface area contributed by atoms with Crippen LogP contribution in [0.3, 0.4) is 0 Å². The molecule has 0 aromatic heterocycles. The van der Waals surface area contributed by atoms with Crippen LogP contribution in [0.4, 0.5) is 0 Å². The summed E-state index contributed by atoms with van der Waals surface area (Å²) in [6.07, 6.45) is 3.52. The molecule has 0 aliphatic heterocycles. The van der Waals surface area contributed by atoms with Gasteiger partial charge in [0.15, 0.2) is 5.78 Å². The fourth-order valence-corrected chi connectivity index (χ4v) is 2.68. The highest BCUT2D eigenvalue weighted by molar-refractivity contribution is 7.99. The monoisotopic (exact) mass is 296 g/mol. The Balaban J connectivity index is 2.09. The van der Waals surface area contributed by atoms with Gasteiger partial charge in [0, 0.05) is 10.5 Å². The van der Waals surface area contributed by atoms with Crippen LogP contribution in [-0.2, 0) is 0 Å². The van der Waals surface area contributed by atoms with Crippen molar-refractivity contribution in [2.45, 2.75) is 25.7 Å². The number of carbonyl (C=O) groups is 1. The van der Waals surface area contributed by atoms with Gasteiger partial charge in [-0.15, -0.1) is 11.8 Å². The Morgan fingerprint density at radius 2 is 1.76 bits per heavy atom. The SMILES string of the molecule is CCSc1ccc(C(=O)C=Cc2ccc(C)c(C)c2)cc1.